The highest BCUT2D eigenvalue weighted by atomic mass is 35.5. The van der Waals surface area contributed by atoms with Crippen LogP contribution in [0.2, 0.25) is 10.0 Å². The Hall–Kier alpha value is -2.83. The summed E-state index contributed by atoms with van der Waals surface area (Å²) in [7, 11) is 0. The number of nitrogens with one attached hydrogen (secondary N) is 2. The predicted octanol–water partition coefficient (Wildman–Crippen LogP) is 3.39. The summed E-state index contributed by atoms with van der Waals surface area (Å²) < 4.78 is 0.871. The highest BCUT2D eigenvalue weighted by molar-refractivity contribution is 6.31. The zero-order chi connectivity index (χ0) is 18.8. The maximum Gasteiger partial charge on any atom is 0.333 e. The number of nitrogens with zero attached hydrogens (tertiary/aromatic N) is 1. The molecular formula is C18H13Cl2N3O3. The zero-order valence-corrected chi connectivity index (χ0v) is 15.1. The van der Waals surface area contributed by atoms with Crippen molar-refractivity contribution in [2.75, 3.05) is 5.32 Å². The molecule has 0 radical (unpaired) electrons. The van der Waals surface area contributed by atoms with E-state index in [-0.39, 0.29) is 5.56 Å². The third-order valence-corrected chi connectivity index (χ3v) is 4.48. The minimum atomic E-state index is -0.742. The van der Waals surface area contributed by atoms with E-state index in [0.29, 0.717) is 27.0 Å². The van der Waals surface area contributed by atoms with Gasteiger partial charge in [-0.05, 0) is 48.9 Å². The van der Waals surface area contributed by atoms with Crippen molar-refractivity contribution in [3.8, 4) is 5.69 Å². The summed E-state index contributed by atoms with van der Waals surface area (Å²) in [5.74, 6) is -0.653. The molecule has 8 heteroatoms. The van der Waals surface area contributed by atoms with Crippen molar-refractivity contribution in [2.45, 2.75) is 6.92 Å². The standard InChI is InChI=1S/C18H13Cl2N3O3/c1-10-14(20)3-2-4-15(10)22-16(24)13-9-21-18(26)23(17(13)25)12-7-5-11(19)6-8-12/h2-9H,1H3,(H,21,26)(H,22,24). The first-order chi connectivity index (χ1) is 12.4. The van der Waals surface area contributed by atoms with Gasteiger partial charge >= 0.3 is 5.69 Å². The molecule has 3 aromatic rings. The predicted molar refractivity (Wildman–Crippen MR) is 102 cm³/mol. The van der Waals surface area contributed by atoms with Gasteiger partial charge in [0.2, 0.25) is 0 Å². The van der Waals surface area contributed by atoms with Gasteiger partial charge in [-0.15, -0.1) is 0 Å². The Morgan fingerprint density at radius 3 is 2.46 bits per heavy atom. The van der Waals surface area contributed by atoms with E-state index in [0.717, 1.165) is 10.8 Å². The Bertz CT molecular complexity index is 1100. The molecule has 0 fully saturated rings. The van der Waals surface area contributed by atoms with Crippen molar-refractivity contribution in [3.63, 3.8) is 0 Å². The molecule has 2 aromatic carbocycles. The number of halogens is 2. The number of H-pyrrole nitrogens is 1. The molecule has 0 spiro atoms. The van der Waals surface area contributed by atoms with Gasteiger partial charge in [-0.2, -0.15) is 0 Å². The number of hydrogen-bond acceptors (Lipinski definition) is 3. The number of benzene rings is 2. The number of carbonyl (C=O) groups excluding carboxylic acids is 1. The van der Waals surface area contributed by atoms with E-state index < -0.39 is 17.2 Å². The minimum absolute atomic E-state index is 0.209. The van der Waals surface area contributed by atoms with Crippen LogP contribution in [0.5, 0.6) is 0 Å². The topological polar surface area (TPSA) is 84.0 Å². The fourth-order valence-electron chi connectivity index (χ4n) is 2.39. The summed E-state index contributed by atoms with van der Waals surface area (Å²) in [6.07, 6.45) is 1.09. The molecule has 0 aliphatic rings. The number of hydrogen-bond donors (Lipinski definition) is 2. The monoisotopic (exact) mass is 389 g/mol. The first kappa shape index (κ1) is 18.0. The SMILES string of the molecule is Cc1c(Cl)cccc1NC(=O)c1c[nH]c(=O)n(-c2ccc(Cl)cc2)c1=O. The highest BCUT2D eigenvalue weighted by Crippen LogP contribution is 2.23. The van der Waals surface area contributed by atoms with Gasteiger partial charge in [0.05, 0.1) is 5.69 Å². The lowest BCUT2D eigenvalue weighted by molar-refractivity contribution is 0.102. The molecule has 1 amide bonds. The van der Waals surface area contributed by atoms with E-state index in [2.05, 4.69) is 10.3 Å². The number of anilines is 1. The number of amides is 1. The van der Waals surface area contributed by atoms with Crippen LogP contribution in [0, 0.1) is 6.92 Å². The van der Waals surface area contributed by atoms with E-state index in [1.54, 1.807) is 37.3 Å². The summed E-state index contributed by atoms with van der Waals surface area (Å²) in [5, 5.41) is 3.59. The van der Waals surface area contributed by atoms with Gasteiger partial charge < -0.3 is 10.3 Å². The summed E-state index contributed by atoms with van der Waals surface area (Å²) in [5.41, 5.74) is -0.162. The minimum Gasteiger partial charge on any atom is -0.321 e. The lowest BCUT2D eigenvalue weighted by Crippen LogP contribution is -2.38. The van der Waals surface area contributed by atoms with Gasteiger partial charge in [0, 0.05) is 21.9 Å². The van der Waals surface area contributed by atoms with Crippen LogP contribution < -0.4 is 16.6 Å². The van der Waals surface area contributed by atoms with Crippen molar-refractivity contribution >= 4 is 34.8 Å². The van der Waals surface area contributed by atoms with Crippen LogP contribution in [0.25, 0.3) is 5.69 Å². The molecule has 0 saturated carbocycles. The van der Waals surface area contributed by atoms with E-state index in [4.69, 9.17) is 23.2 Å². The number of aromatic nitrogens is 2. The summed E-state index contributed by atoms with van der Waals surface area (Å²) in [6.45, 7) is 1.75. The quantitative estimate of drug-likeness (QED) is 0.719. The third-order valence-electron chi connectivity index (χ3n) is 3.82. The number of rotatable bonds is 3. The molecule has 3 rings (SSSR count). The van der Waals surface area contributed by atoms with Gasteiger partial charge in [0.15, 0.2) is 0 Å². The molecule has 2 N–H and O–H groups in total. The average molecular weight is 390 g/mol. The fraction of sp³-hybridized carbons (Fsp3) is 0.0556. The lowest BCUT2D eigenvalue weighted by Gasteiger charge is -2.10. The molecule has 0 aliphatic heterocycles. The van der Waals surface area contributed by atoms with Crippen LogP contribution in [0.4, 0.5) is 5.69 Å². The van der Waals surface area contributed by atoms with Crippen LogP contribution in [0.1, 0.15) is 15.9 Å². The van der Waals surface area contributed by atoms with E-state index in [1.165, 1.54) is 12.1 Å². The first-order valence-electron chi connectivity index (χ1n) is 7.55. The van der Waals surface area contributed by atoms with Crippen molar-refractivity contribution in [2.24, 2.45) is 0 Å². The molecule has 132 valence electrons. The van der Waals surface area contributed by atoms with Gasteiger partial charge in [0.1, 0.15) is 5.56 Å². The smallest absolute Gasteiger partial charge is 0.321 e. The summed E-state index contributed by atoms with van der Waals surface area (Å²) >= 11 is 11.9. The summed E-state index contributed by atoms with van der Waals surface area (Å²) in [6, 6.07) is 11.2. The maximum atomic E-state index is 12.7. The van der Waals surface area contributed by atoms with Gasteiger partial charge in [-0.1, -0.05) is 29.3 Å². The molecule has 1 heterocycles. The Balaban J connectivity index is 2.04. The lowest BCUT2D eigenvalue weighted by atomic mass is 10.2. The molecule has 6 nitrogen and oxygen atoms in total. The van der Waals surface area contributed by atoms with Crippen molar-refractivity contribution in [3.05, 3.63) is 90.7 Å². The van der Waals surface area contributed by atoms with Crippen LogP contribution in [0.3, 0.4) is 0 Å². The van der Waals surface area contributed by atoms with Gasteiger partial charge in [0.25, 0.3) is 11.5 Å². The van der Waals surface area contributed by atoms with Gasteiger partial charge in [-0.25, -0.2) is 9.36 Å². The van der Waals surface area contributed by atoms with Crippen LogP contribution >= 0.6 is 23.2 Å². The second-order valence-electron chi connectivity index (χ2n) is 5.49. The van der Waals surface area contributed by atoms with E-state index in [9.17, 15) is 14.4 Å². The number of aromatic amines is 1. The first-order valence-corrected chi connectivity index (χ1v) is 8.31. The molecule has 0 atom stereocenters. The van der Waals surface area contributed by atoms with Crippen molar-refractivity contribution in [1.82, 2.24) is 9.55 Å². The zero-order valence-electron chi connectivity index (χ0n) is 13.5. The van der Waals surface area contributed by atoms with Crippen LogP contribution in [0.15, 0.2) is 58.3 Å². The largest absolute Gasteiger partial charge is 0.333 e. The Kier molecular flexibility index (Phi) is 4.97. The highest BCUT2D eigenvalue weighted by Gasteiger charge is 2.17. The van der Waals surface area contributed by atoms with Crippen molar-refractivity contribution in [1.29, 1.82) is 0 Å². The molecular weight excluding hydrogens is 377 g/mol. The van der Waals surface area contributed by atoms with Gasteiger partial charge in [-0.3, -0.25) is 9.59 Å². The van der Waals surface area contributed by atoms with Crippen molar-refractivity contribution < 1.29 is 4.79 Å². The Labute approximate surface area is 158 Å². The van der Waals surface area contributed by atoms with E-state index >= 15 is 0 Å². The van der Waals surface area contributed by atoms with E-state index in [1.807, 2.05) is 0 Å². The Morgan fingerprint density at radius 1 is 1.08 bits per heavy atom. The number of carbonyl (C=O) groups is 1. The maximum absolute atomic E-state index is 12.7. The Morgan fingerprint density at radius 2 is 1.77 bits per heavy atom. The second-order valence-corrected chi connectivity index (χ2v) is 6.33. The molecule has 0 bridgehead atoms. The van der Waals surface area contributed by atoms with Crippen LogP contribution in [-0.2, 0) is 0 Å². The second kappa shape index (κ2) is 7.19. The third kappa shape index (κ3) is 3.42. The molecule has 26 heavy (non-hydrogen) atoms. The average Bonchev–Trinajstić information content (AvgIpc) is 2.60. The van der Waals surface area contributed by atoms with Crippen LogP contribution in [-0.4, -0.2) is 15.5 Å². The summed E-state index contributed by atoms with van der Waals surface area (Å²) in [4.78, 5) is 39.7. The molecule has 1 aromatic heterocycles. The normalized spacial score (nSPS) is 10.6. The molecule has 0 unspecified atom stereocenters. The molecule has 0 aliphatic carbocycles. The molecule has 0 saturated heterocycles. The fourth-order valence-corrected chi connectivity index (χ4v) is 2.69.